The number of carbonyl (C=O) groups excluding carboxylic acids is 1. The number of benzene rings is 1. The van der Waals surface area contributed by atoms with Crippen LogP contribution >= 0.6 is 46.9 Å². The Morgan fingerprint density at radius 3 is 2.58 bits per heavy atom. The maximum absolute atomic E-state index is 12.0. The molecule has 26 heavy (non-hydrogen) atoms. The van der Waals surface area contributed by atoms with Crippen LogP contribution in [-0.2, 0) is 11.3 Å². The molecule has 3 N–H and O–H groups in total. The molecular formula is C18H24ClIN4OS. The molecular weight excluding hydrogens is 483 g/mol. The summed E-state index contributed by atoms with van der Waals surface area (Å²) < 4.78 is 0. The third-order valence-electron chi connectivity index (χ3n) is 3.49. The highest BCUT2D eigenvalue weighted by Gasteiger charge is 2.07. The minimum absolute atomic E-state index is 0. The highest BCUT2D eigenvalue weighted by Crippen LogP contribution is 2.22. The number of anilines is 1. The second kappa shape index (κ2) is 11.4. The minimum atomic E-state index is -0.0948. The lowest BCUT2D eigenvalue weighted by Gasteiger charge is -2.12. The summed E-state index contributed by atoms with van der Waals surface area (Å²) >= 11 is 7.87. The maximum atomic E-state index is 12.0. The van der Waals surface area contributed by atoms with Crippen LogP contribution in [0.5, 0.6) is 0 Å². The van der Waals surface area contributed by atoms with E-state index in [0.717, 1.165) is 5.56 Å². The Kier molecular flexibility index (Phi) is 9.97. The quantitative estimate of drug-likeness (QED) is 0.310. The zero-order valence-electron chi connectivity index (χ0n) is 15.1. The molecule has 0 unspecified atom stereocenters. The van der Waals surface area contributed by atoms with Crippen LogP contribution in [-0.4, -0.2) is 25.5 Å². The Bertz CT molecular complexity index is 763. The number of hydrogen-bond acceptors (Lipinski definition) is 3. The lowest BCUT2D eigenvalue weighted by molar-refractivity contribution is -0.116. The van der Waals surface area contributed by atoms with Crippen molar-refractivity contribution in [3.8, 4) is 0 Å². The van der Waals surface area contributed by atoms with Gasteiger partial charge in [0, 0.05) is 29.8 Å². The number of rotatable bonds is 6. The van der Waals surface area contributed by atoms with Gasteiger partial charge in [0.15, 0.2) is 5.96 Å². The Labute approximate surface area is 180 Å². The summed E-state index contributed by atoms with van der Waals surface area (Å²) in [6.07, 6.45) is 0.322. The molecule has 0 aliphatic rings. The van der Waals surface area contributed by atoms with Crippen molar-refractivity contribution in [2.45, 2.75) is 26.8 Å². The van der Waals surface area contributed by atoms with Gasteiger partial charge in [0.05, 0.1) is 17.3 Å². The average Bonchev–Trinajstić information content (AvgIpc) is 2.99. The van der Waals surface area contributed by atoms with E-state index in [1.54, 1.807) is 18.4 Å². The Morgan fingerprint density at radius 2 is 1.96 bits per heavy atom. The van der Waals surface area contributed by atoms with Crippen molar-refractivity contribution in [2.24, 2.45) is 4.99 Å². The number of nitrogens with zero attached hydrogens (tertiary/aromatic N) is 1. The fourth-order valence-corrected chi connectivity index (χ4v) is 3.31. The van der Waals surface area contributed by atoms with Crippen molar-refractivity contribution >= 4 is 64.5 Å². The van der Waals surface area contributed by atoms with E-state index in [0.29, 0.717) is 36.2 Å². The molecule has 8 heteroatoms. The van der Waals surface area contributed by atoms with Gasteiger partial charge in [-0.3, -0.25) is 9.79 Å². The van der Waals surface area contributed by atoms with Gasteiger partial charge in [-0.05, 0) is 43.7 Å². The van der Waals surface area contributed by atoms with Gasteiger partial charge in [0.2, 0.25) is 5.91 Å². The van der Waals surface area contributed by atoms with E-state index in [1.165, 1.54) is 9.75 Å². The number of amides is 1. The van der Waals surface area contributed by atoms with E-state index in [2.05, 4.69) is 40.0 Å². The summed E-state index contributed by atoms with van der Waals surface area (Å²) in [6, 6.07) is 9.75. The lowest BCUT2D eigenvalue weighted by atomic mass is 10.2. The molecule has 1 heterocycles. The zero-order chi connectivity index (χ0) is 18.2. The van der Waals surface area contributed by atoms with E-state index < -0.39 is 0 Å². The fraction of sp³-hybridized carbons (Fsp3) is 0.333. The number of aryl methyl sites for hydroxylation is 2. The number of aliphatic imine (C=N–C) groups is 1. The van der Waals surface area contributed by atoms with Crippen LogP contribution in [0, 0.1) is 13.8 Å². The van der Waals surface area contributed by atoms with Crippen LogP contribution in [0.4, 0.5) is 5.69 Å². The smallest absolute Gasteiger partial charge is 0.226 e. The first kappa shape index (κ1) is 22.7. The zero-order valence-corrected chi connectivity index (χ0v) is 19.0. The van der Waals surface area contributed by atoms with Gasteiger partial charge in [-0.1, -0.05) is 17.7 Å². The first-order valence-electron chi connectivity index (χ1n) is 8.04. The van der Waals surface area contributed by atoms with Crippen molar-refractivity contribution in [3.63, 3.8) is 0 Å². The first-order valence-corrected chi connectivity index (χ1v) is 9.23. The molecule has 0 aliphatic heterocycles. The largest absolute Gasteiger partial charge is 0.356 e. The predicted octanol–water partition coefficient (Wildman–Crippen LogP) is 4.33. The van der Waals surface area contributed by atoms with Crippen molar-refractivity contribution in [2.75, 3.05) is 18.9 Å². The van der Waals surface area contributed by atoms with Gasteiger partial charge >= 0.3 is 0 Å². The summed E-state index contributed by atoms with van der Waals surface area (Å²) in [5.41, 5.74) is 1.69. The second-order valence-electron chi connectivity index (χ2n) is 5.65. The van der Waals surface area contributed by atoms with Crippen LogP contribution in [0.15, 0.2) is 35.3 Å². The van der Waals surface area contributed by atoms with Crippen LogP contribution in [0.1, 0.15) is 21.7 Å². The number of guanidine groups is 1. The number of nitrogens with one attached hydrogen (secondary N) is 3. The van der Waals surface area contributed by atoms with Gasteiger partial charge < -0.3 is 16.0 Å². The molecule has 2 aromatic rings. The Hall–Kier alpha value is -1.32. The highest BCUT2D eigenvalue weighted by molar-refractivity contribution is 14.0. The number of thiophene rings is 1. The van der Waals surface area contributed by atoms with E-state index >= 15 is 0 Å². The van der Waals surface area contributed by atoms with E-state index in [4.69, 9.17) is 11.6 Å². The molecule has 0 spiro atoms. The number of hydrogen-bond donors (Lipinski definition) is 3. The van der Waals surface area contributed by atoms with Gasteiger partial charge in [-0.15, -0.1) is 35.3 Å². The predicted molar refractivity (Wildman–Crippen MR) is 122 cm³/mol. The van der Waals surface area contributed by atoms with E-state index in [9.17, 15) is 4.79 Å². The van der Waals surface area contributed by atoms with Crippen LogP contribution in [0.25, 0.3) is 0 Å². The molecule has 142 valence electrons. The summed E-state index contributed by atoms with van der Waals surface area (Å²) in [5, 5.41) is 9.74. The molecule has 1 aromatic heterocycles. The summed E-state index contributed by atoms with van der Waals surface area (Å²) in [6.45, 7) is 5.24. The second-order valence-corrected chi connectivity index (χ2v) is 7.43. The lowest BCUT2D eigenvalue weighted by Crippen LogP contribution is -2.38. The monoisotopic (exact) mass is 506 g/mol. The maximum Gasteiger partial charge on any atom is 0.226 e. The van der Waals surface area contributed by atoms with Gasteiger partial charge in [-0.2, -0.15) is 0 Å². The minimum Gasteiger partial charge on any atom is -0.356 e. The third kappa shape index (κ3) is 7.51. The Balaban J connectivity index is 0.00000338. The molecule has 1 amide bonds. The SMILES string of the molecule is CN=C(NCCC(=O)Nc1ccc(C)cc1Cl)NCc1ccc(C)s1.I. The summed E-state index contributed by atoms with van der Waals surface area (Å²) in [4.78, 5) is 18.7. The number of carbonyl (C=O) groups is 1. The topological polar surface area (TPSA) is 65.5 Å². The molecule has 0 saturated carbocycles. The number of halogens is 2. The molecule has 0 fully saturated rings. The summed E-state index contributed by atoms with van der Waals surface area (Å²) in [5.74, 6) is 0.579. The highest BCUT2D eigenvalue weighted by atomic mass is 127. The molecule has 0 aliphatic carbocycles. The third-order valence-corrected chi connectivity index (χ3v) is 4.81. The normalized spacial score (nSPS) is 10.8. The molecule has 2 rings (SSSR count). The van der Waals surface area contributed by atoms with E-state index in [-0.39, 0.29) is 29.9 Å². The van der Waals surface area contributed by atoms with Crippen LogP contribution in [0.2, 0.25) is 5.02 Å². The molecule has 0 atom stereocenters. The molecule has 1 aromatic carbocycles. The standard InChI is InChI=1S/C18H23ClN4OS.HI/c1-12-4-7-16(15(19)10-12)23-17(24)8-9-21-18(20-3)22-11-14-6-5-13(2)25-14;/h4-7,10H,8-9,11H2,1-3H3,(H,23,24)(H2,20,21,22);1H. The van der Waals surface area contributed by atoms with E-state index in [1.807, 2.05) is 25.1 Å². The summed E-state index contributed by atoms with van der Waals surface area (Å²) in [7, 11) is 1.71. The molecule has 0 radical (unpaired) electrons. The average molecular weight is 507 g/mol. The van der Waals surface area contributed by atoms with Crippen molar-refractivity contribution < 1.29 is 4.79 Å². The van der Waals surface area contributed by atoms with Gasteiger partial charge in [0.1, 0.15) is 0 Å². The molecule has 0 saturated heterocycles. The van der Waals surface area contributed by atoms with Gasteiger partial charge in [-0.25, -0.2) is 0 Å². The van der Waals surface area contributed by atoms with Crippen LogP contribution in [0.3, 0.4) is 0 Å². The van der Waals surface area contributed by atoms with Crippen molar-refractivity contribution in [1.29, 1.82) is 0 Å². The Morgan fingerprint density at radius 1 is 1.19 bits per heavy atom. The first-order chi connectivity index (χ1) is 12.0. The van der Waals surface area contributed by atoms with Crippen LogP contribution < -0.4 is 16.0 Å². The molecule has 0 bridgehead atoms. The van der Waals surface area contributed by atoms with Crippen molar-refractivity contribution in [1.82, 2.24) is 10.6 Å². The fourth-order valence-electron chi connectivity index (χ4n) is 2.20. The van der Waals surface area contributed by atoms with Gasteiger partial charge in [0.25, 0.3) is 0 Å². The molecule has 5 nitrogen and oxygen atoms in total. The van der Waals surface area contributed by atoms with Crippen molar-refractivity contribution in [3.05, 3.63) is 50.7 Å².